The number of hydrogen-bond donors (Lipinski definition) is 2. The maximum atomic E-state index is 12.4. The van der Waals surface area contributed by atoms with E-state index < -0.39 is 5.41 Å². The molecule has 2 amide bonds. The Kier molecular flexibility index (Phi) is 5.53. The number of rotatable bonds is 5. The first kappa shape index (κ1) is 17.2. The fourth-order valence-electron chi connectivity index (χ4n) is 1.79. The summed E-state index contributed by atoms with van der Waals surface area (Å²) in [6.45, 7) is 11.8. The summed E-state index contributed by atoms with van der Waals surface area (Å²) in [5, 5.41) is 5.68. The van der Waals surface area contributed by atoms with Crippen LogP contribution in [0.3, 0.4) is 0 Å². The second-order valence-corrected chi connectivity index (χ2v) is 6.43. The molecular formula is C17H26N2O2. The molecule has 0 saturated heterocycles. The van der Waals surface area contributed by atoms with Gasteiger partial charge < -0.3 is 10.6 Å². The van der Waals surface area contributed by atoms with E-state index in [4.69, 9.17) is 0 Å². The lowest BCUT2D eigenvalue weighted by atomic mass is 9.90. The van der Waals surface area contributed by atoms with E-state index in [0.717, 1.165) is 16.8 Å². The second-order valence-electron chi connectivity index (χ2n) is 6.43. The minimum Gasteiger partial charge on any atom is -0.355 e. The Morgan fingerprint density at radius 2 is 1.76 bits per heavy atom. The molecule has 4 nitrogen and oxygen atoms in total. The van der Waals surface area contributed by atoms with Crippen LogP contribution in [0.25, 0.3) is 0 Å². The molecule has 4 heteroatoms. The molecule has 0 unspecified atom stereocenters. The molecule has 1 rings (SSSR count). The summed E-state index contributed by atoms with van der Waals surface area (Å²) in [6, 6.07) is 5.73. The average molecular weight is 290 g/mol. The fraction of sp³-hybridized carbons (Fsp3) is 0.529. The molecule has 116 valence electrons. The zero-order chi connectivity index (χ0) is 16.2. The number of aryl methyl sites for hydroxylation is 1. The molecule has 1 aromatic carbocycles. The maximum Gasteiger partial charge on any atom is 0.239 e. The Bertz CT molecular complexity index is 534. The van der Waals surface area contributed by atoms with Crippen molar-refractivity contribution in [3.05, 3.63) is 29.3 Å². The van der Waals surface area contributed by atoms with Crippen molar-refractivity contribution in [2.45, 2.75) is 41.5 Å². The first-order valence-corrected chi connectivity index (χ1v) is 7.32. The molecule has 0 aliphatic heterocycles. The van der Waals surface area contributed by atoms with Crippen LogP contribution in [-0.4, -0.2) is 18.4 Å². The third kappa shape index (κ3) is 4.31. The van der Waals surface area contributed by atoms with Gasteiger partial charge in [0.2, 0.25) is 11.8 Å². The second kappa shape index (κ2) is 6.74. The molecule has 0 saturated carbocycles. The van der Waals surface area contributed by atoms with Gasteiger partial charge in [0, 0.05) is 12.2 Å². The van der Waals surface area contributed by atoms with Crippen molar-refractivity contribution in [1.82, 2.24) is 5.32 Å². The number of carbonyl (C=O) groups is 2. The van der Waals surface area contributed by atoms with Crippen LogP contribution in [0.15, 0.2) is 18.2 Å². The minimum atomic E-state index is -1.11. The van der Waals surface area contributed by atoms with Crippen LogP contribution in [-0.2, 0) is 9.59 Å². The third-order valence-electron chi connectivity index (χ3n) is 3.66. The molecule has 0 aromatic heterocycles. The highest BCUT2D eigenvalue weighted by molar-refractivity contribution is 6.10. The van der Waals surface area contributed by atoms with E-state index in [-0.39, 0.29) is 11.8 Å². The average Bonchev–Trinajstić information content (AvgIpc) is 2.40. The monoisotopic (exact) mass is 290 g/mol. The highest BCUT2D eigenvalue weighted by atomic mass is 16.2. The number of anilines is 1. The van der Waals surface area contributed by atoms with Gasteiger partial charge in [0.15, 0.2) is 0 Å². The van der Waals surface area contributed by atoms with E-state index in [1.165, 1.54) is 0 Å². The van der Waals surface area contributed by atoms with Gasteiger partial charge in [-0.3, -0.25) is 9.59 Å². The minimum absolute atomic E-state index is 0.251. The van der Waals surface area contributed by atoms with E-state index in [2.05, 4.69) is 10.6 Å². The van der Waals surface area contributed by atoms with Crippen LogP contribution in [0.1, 0.15) is 38.8 Å². The van der Waals surface area contributed by atoms with Gasteiger partial charge in [0.05, 0.1) is 0 Å². The molecule has 0 aliphatic rings. The molecule has 0 spiro atoms. The van der Waals surface area contributed by atoms with Gasteiger partial charge in [-0.2, -0.15) is 0 Å². The Morgan fingerprint density at radius 3 is 2.33 bits per heavy atom. The number of amides is 2. The molecule has 1 aromatic rings. The highest BCUT2D eigenvalue weighted by Crippen LogP contribution is 2.23. The molecule has 0 radical (unpaired) electrons. The summed E-state index contributed by atoms with van der Waals surface area (Å²) in [4.78, 5) is 24.6. The Hall–Kier alpha value is -1.84. The predicted octanol–water partition coefficient (Wildman–Crippen LogP) is 3.04. The van der Waals surface area contributed by atoms with Crippen LogP contribution in [0.5, 0.6) is 0 Å². The number of carbonyl (C=O) groups excluding carboxylic acids is 2. The molecule has 2 N–H and O–H groups in total. The lowest BCUT2D eigenvalue weighted by molar-refractivity contribution is -0.138. The van der Waals surface area contributed by atoms with Crippen molar-refractivity contribution in [1.29, 1.82) is 0 Å². The van der Waals surface area contributed by atoms with Crippen molar-refractivity contribution in [3.8, 4) is 0 Å². The summed E-state index contributed by atoms with van der Waals surface area (Å²) in [6.07, 6.45) is 0. The molecule has 0 atom stereocenters. The van der Waals surface area contributed by atoms with Gasteiger partial charge in [-0.1, -0.05) is 26.0 Å². The Labute approximate surface area is 127 Å². The zero-order valence-corrected chi connectivity index (χ0v) is 13.8. The largest absolute Gasteiger partial charge is 0.355 e. The van der Waals surface area contributed by atoms with Gasteiger partial charge in [-0.25, -0.2) is 0 Å². The Morgan fingerprint density at radius 1 is 1.14 bits per heavy atom. The van der Waals surface area contributed by atoms with Crippen molar-refractivity contribution >= 4 is 17.5 Å². The van der Waals surface area contributed by atoms with E-state index in [1.807, 2.05) is 45.9 Å². The quantitative estimate of drug-likeness (QED) is 0.819. The molecular weight excluding hydrogens is 264 g/mol. The lowest BCUT2D eigenvalue weighted by Crippen LogP contribution is -2.46. The van der Waals surface area contributed by atoms with Gasteiger partial charge in [-0.05, 0) is 50.8 Å². The predicted molar refractivity (Wildman–Crippen MR) is 86.2 cm³/mol. The van der Waals surface area contributed by atoms with Crippen molar-refractivity contribution < 1.29 is 9.59 Å². The molecule has 0 fully saturated rings. The van der Waals surface area contributed by atoms with Crippen LogP contribution in [0.2, 0.25) is 0 Å². The van der Waals surface area contributed by atoms with E-state index in [0.29, 0.717) is 12.5 Å². The van der Waals surface area contributed by atoms with Crippen LogP contribution in [0, 0.1) is 25.2 Å². The topological polar surface area (TPSA) is 58.2 Å². The number of benzene rings is 1. The van der Waals surface area contributed by atoms with Gasteiger partial charge in [0.1, 0.15) is 5.41 Å². The van der Waals surface area contributed by atoms with Crippen molar-refractivity contribution in [2.75, 3.05) is 11.9 Å². The van der Waals surface area contributed by atoms with Gasteiger partial charge in [-0.15, -0.1) is 0 Å². The summed E-state index contributed by atoms with van der Waals surface area (Å²) >= 11 is 0. The van der Waals surface area contributed by atoms with E-state index in [9.17, 15) is 9.59 Å². The van der Waals surface area contributed by atoms with E-state index >= 15 is 0 Å². The van der Waals surface area contributed by atoms with Gasteiger partial charge in [0.25, 0.3) is 0 Å². The van der Waals surface area contributed by atoms with Gasteiger partial charge >= 0.3 is 0 Å². The standard InChI is InChI=1S/C17H26N2O2/c1-11(2)10-18-15(20)17(5,6)16(21)19-14-9-7-8-12(3)13(14)4/h7-9,11H,10H2,1-6H3,(H,18,20)(H,19,21). The highest BCUT2D eigenvalue weighted by Gasteiger charge is 2.36. The molecule has 0 bridgehead atoms. The summed E-state index contributed by atoms with van der Waals surface area (Å²) in [7, 11) is 0. The van der Waals surface area contributed by atoms with Crippen LogP contribution < -0.4 is 10.6 Å². The molecule has 0 heterocycles. The first-order chi connectivity index (χ1) is 9.66. The maximum absolute atomic E-state index is 12.4. The third-order valence-corrected chi connectivity index (χ3v) is 3.66. The summed E-state index contributed by atoms with van der Waals surface area (Å²) in [5.74, 6) is -0.191. The fourth-order valence-corrected chi connectivity index (χ4v) is 1.79. The number of hydrogen-bond acceptors (Lipinski definition) is 2. The molecule has 21 heavy (non-hydrogen) atoms. The van der Waals surface area contributed by atoms with E-state index in [1.54, 1.807) is 13.8 Å². The first-order valence-electron chi connectivity index (χ1n) is 7.32. The van der Waals surface area contributed by atoms with Crippen molar-refractivity contribution in [2.24, 2.45) is 11.3 Å². The Balaban J connectivity index is 2.81. The lowest BCUT2D eigenvalue weighted by Gasteiger charge is -2.24. The van der Waals surface area contributed by atoms with Crippen molar-refractivity contribution in [3.63, 3.8) is 0 Å². The zero-order valence-electron chi connectivity index (χ0n) is 13.8. The summed E-state index contributed by atoms with van der Waals surface area (Å²) in [5.41, 5.74) is 1.77. The number of nitrogens with one attached hydrogen (secondary N) is 2. The van der Waals surface area contributed by atoms with Crippen LogP contribution >= 0.6 is 0 Å². The molecule has 0 aliphatic carbocycles. The van der Waals surface area contributed by atoms with Crippen LogP contribution in [0.4, 0.5) is 5.69 Å². The summed E-state index contributed by atoms with van der Waals surface area (Å²) < 4.78 is 0. The smallest absolute Gasteiger partial charge is 0.239 e. The SMILES string of the molecule is Cc1cccc(NC(=O)C(C)(C)C(=O)NCC(C)C)c1C. The normalized spacial score (nSPS) is 11.4.